The van der Waals surface area contributed by atoms with E-state index in [2.05, 4.69) is 26.8 Å². The number of hydrogen-bond donors (Lipinski definition) is 0. The Balaban J connectivity index is 0.00000161. The van der Waals surface area contributed by atoms with Gasteiger partial charge in [0.15, 0.2) is 6.29 Å². The van der Waals surface area contributed by atoms with Crippen molar-refractivity contribution in [2.45, 2.75) is 25.7 Å². The van der Waals surface area contributed by atoms with Gasteiger partial charge in [0, 0.05) is 25.5 Å². The zero-order valence-corrected chi connectivity index (χ0v) is 15.9. The number of hydrogen-bond acceptors (Lipinski definition) is 5. The number of rotatable bonds is 2. The van der Waals surface area contributed by atoms with Crippen LogP contribution in [-0.2, 0) is 0 Å². The van der Waals surface area contributed by atoms with Crippen LogP contribution in [0.15, 0.2) is 12.4 Å². The molecule has 0 aromatic carbocycles. The van der Waals surface area contributed by atoms with Gasteiger partial charge in [-0.15, -0.1) is 0 Å². The molecule has 1 spiro atoms. The number of likely N-dealkylation sites (tertiary alicyclic amines) is 1. The van der Waals surface area contributed by atoms with Gasteiger partial charge in [-0.25, -0.2) is 9.97 Å². The maximum atomic E-state index is 10.6. The Kier molecular flexibility index (Phi) is 6.34. The van der Waals surface area contributed by atoms with Crippen molar-refractivity contribution in [3.63, 3.8) is 0 Å². The summed E-state index contributed by atoms with van der Waals surface area (Å²) < 4.78 is 0. The fourth-order valence-corrected chi connectivity index (χ4v) is 3.26. The molecule has 6 heteroatoms. The second-order valence-electron chi connectivity index (χ2n) is 6.04. The van der Waals surface area contributed by atoms with Gasteiger partial charge in [0.05, 0.1) is 5.56 Å². The topological polar surface area (TPSA) is 49.3 Å². The van der Waals surface area contributed by atoms with Crippen molar-refractivity contribution in [2.75, 3.05) is 31.1 Å². The summed E-state index contributed by atoms with van der Waals surface area (Å²) in [6.45, 7) is 4.25. The third-order valence-electron chi connectivity index (χ3n) is 4.82. The Bertz CT molecular complexity index is 461. The Morgan fingerprint density at radius 3 is 2.10 bits per heavy atom. The van der Waals surface area contributed by atoms with E-state index in [-0.39, 0.29) is 51.4 Å². The smallest absolute Gasteiger partial charge is 0.459 e. The minimum absolute atomic E-state index is 0. The maximum Gasteiger partial charge on any atom is 1.00 e. The largest absolute Gasteiger partial charge is 1.00 e. The molecule has 2 fully saturated rings. The number of piperidine rings is 2. The molecule has 0 aliphatic carbocycles. The fourth-order valence-electron chi connectivity index (χ4n) is 3.26. The van der Waals surface area contributed by atoms with Gasteiger partial charge in [0.1, 0.15) is 0 Å². The zero-order chi connectivity index (χ0) is 14.0. The molecule has 1 aromatic rings. The van der Waals surface area contributed by atoms with Crippen molar-refractivity contribution >= 4 is 12.2 Å². The van der Waals surface area contributed by atoms with Crippen molar-refractivity contribution in [3.8, 4) is 0 Å². The number of aldehydes is 1. The second kappa shape index (κ2) is 7.61. The van der Waals surface area contributed by atoms with Crippen LogP contribution in [0, 0.1) is 12.5 Å². The molecular formula is C15H21KN4O. The van der Waals surface area contributed by atoms with E-state index in [0.29, 0.717) is 11.0 Å². The summed E-state index contributed by atoms with van der Waals surface area (Å²) in [5.74, 6) is 0.750. The monoisotopic (exact) mass is 312 g/mol. The number of aromatic nitrogens is 2. The summed E-state index contributed by atoms with van der Waals surface area (Å²) in [6, 6.07) is 0. The normalized spacial score (nSPS) is 21.9. The quantitative estimate of drug-likeness (QED) is 0.389. The Hall–Kier alpha value is 0.146. The zero-order valence-electron chi connectivity index (χ0n) is 12.8. The van der Waals surface area contributed by atoms with Crippen LogP contribution in [0.4, 0.5) is 5.95 Å². The molecule has 0 amide bonds. The first kappa shape index (κ1) is 17.5. The van der Waals surface area contributed by atoms with Gasteiger partial charge in [0.25, 0.3) is 0 Å². The SMILES string of the molecule is [CH2-]N1CCC2(CC1)CCN(c1ncc(C=O)cn1)CC2.[K+]. The summed E-state index contributed by atoms with van der Waals surface area (Å²) in [5, 5.41) is 0. The Labute approximate surface area is 168 Å². The molecule has 2 aliphatic heterocycles. The molecule has 21 heavy (non-hydrogen) atoms. The van der Waals surface area contributed by atoms with E-state index >= 15 is 0 Å². The Morgan fingerprint density at radius 2 is 1.57 bits per heavy atom. The fraction of sp³-hybridized carbons (Fsp3) is 0.600. The number of carbonyl (C=O) groups excluding carboxylic acids is 1. The predicted molar refractivity (Wildman–Crippen MR) is 77.5 cm³/mol. The van der Waals surface area contributed by atoms with E-state index < -0.39 is 0 Å². The van der Waals surface area contributed by atoms with E-state index in [1.165, 1.54) is 25.7 Å². The Morgan fingerprint density at radius 1 is 1.05 bits per heavy atom. The summed E-state index contributed by atoms with van der Waals surface area (Å²) in [6.07, 6.45) is 8.91. The molecule has 2 saturated heterocycles. The summed E-state index contributed by atoms with van der Waals surface area (Å²) in [7, 11) is 4.03. The number of carbonyl (C=O) groups is 1. The van der Waals surface area contributed by atoms with Gasteiger partial charge >= 0.3 is 51.4 Å². The van der Waals surface area contributed by atoms with Crippen LogP contribution in [0.3, 0.4) is 0 Å². The van der Waals surface area contributed by atoms with Gasteiger partial charge in [-0.1, -0.05) is 0 Å². The van der Waals surface area contributed by atoms with E-state index in [0.717, 1.165) is 38.4 Å². The van der Waals surface area contributed by atoms with Gasteiger partial charge in [-0.3, -0.25) is 11.8 Å². The van der Waals surface area contributed by atoms with Crippen molar-refractivity contribution in [1.29, 1.82) is 0 Å². The first-order valence-corrected chi connectivity index (χ1v) is 7.28. The van der Waals surface area contributed by atoms with Gasteiger partial charge in [-0.2, -0.15) is 0 Å². The van der Waals surface area contributed by atoms with Crippen LogP contribution >= 0.6 is 0 Å². The molecular weight excluding hydrogens is 291 g/mol. The average Bonchev–Trinajstić information content (AvgIpc) is 2.52. The van der Waals surface area contributed by atoms with Crippen LogP contribution < -0.4 is 56.3 Å². The standard InChI is InChI=1S/C15H21N4O.K/c1-18-6-2-15(3-7-18)4-8-19(9-5-15)14-16-10-13(12-20)11-17-14;/h10-12H,1-9H2;/q-1;+1. The average molecular weight is 312 g/mol. The van der Waals surface area contributed by atoms with E-state index in [1.807, 2.05) is 0 Å². The first-order chi connectivity index (χ1) is 9.71. The van der Waals surface area contributed by atoms with Crippen LogP contribution in [0.25, 0.3) is 0 Å². The molecule has 2 aliphatic rings. The van der Waals surface area contributed by atoms with Crippen molar-refractivity contribution in [3.05, 3.63) is 25.0 Å². The second-order valence-corrected chi connectivity index (χ2v) is 6.04. The molecule has 5 nitrogen and oxygen atoms in total. The van der Waals surface area contributed by atoms with Crippen molar-refractivity contribution < 1.29 is 56.2 Å². The molecule has 3 rings (SSSR count). The van der Waals surface area contributed by atoms with Crippen LogP contribution in [0.2, 0.25) is 0 Å². The number of anilines is 1. The van der Waals surface area contributed by atoms with Gasteiger partial charge in [-0.05, 0) is 44.2 Å². The van der Waals surface area contributed by atoms with Crippen LogP contribution in [-0.4, -0.2) is 47.3 Å². The van der Waals surface area contributed by atoms with Crippen LogP contribution in [0.1, 0.15) is 36.0 Å². The molecule has 3 heterocycles. The molecule has 0 bridgehead atoms. The van der Waals surface area contributed by atoms with Gasteiger partial charge in [0.2, 0.25) is 5.95 Å². The molecule has 0 atom stereocenters. The van der Waals surface area contributed by atoms with Gasteiger partial charge < -0.3 is 9.80 Å². The molecule has 0 N–H and O–H groups in total. The number of nitrogens with zero attached hydrogens (tertiary/aromatic N) is 4. The summed E-state index contributed by atoms with van der Waals surface area (Å²) in [4.78, 5) is 23.6. The molecule has 0 radical (unpaired) electrons. The third kappa shape index (κ3) is 4.12. The maximum absolute atomic E-state index is 10.6. The van der Waals surface area contributed by atoms with E-state index in [1.54, 1.807) is 12.4 Å². The summed E-state index contributed by atoms with van der Waals surface area (Å²) >= 11 is 0. The van der Waals surface area contributed by atoms with Crippen molar-refractivity contribution in [1.82, 2.24) is 14.9 Å². The van der Waals surface area contributed by atoms with Crippen LogP contribution in [0.5, 0.6) is 0 Å². The minimum atomic E-state index is 0. The summed E-state index contributed by atoms with van der Waals surface area (Å²) in [5.41, 5.74) is 1.04. The van der Waals surface area contributed by atoms with E-state index in [9.17, 15) is 4.79 Å². The first-order valence-electron chi connectivity index (χ1n) is 7.28. The molecule has 1 aromatic heterocycles. The third-order valence-corrected chi connectivity index (χ3v) is 4.82. The predicted octanol–water partition coefficient (Wildman–Crippen LogP) is -1.23. The molecule has 0 saturated carbocycles. The minimum Gasteiger partial charge on any atom is -0.459 e. The molecule has 108 valence electrons. The molecule has 0 unspecified atom stereocenters. The van der Waals surface area contributed by atoms with Crippen molar-refractivity contribution in [2.24, 2.45) is 5.41 Å². The van der Waals surface area contributed by atoms with E-state index in [4.69, 9.17) is 0 Å².